The van der Waals surface area contributed by atoms with Crippen LogP contribution in [0.15, 0.2) is 59.5 Å². The molecule has 1 heterocycles. The van der Waals surface area contributed by atoms with Crippen LogP contribution in [0.1, 0.15) is 27.6 Å². The first-order valence-electron chi connectivity index (χ1n) is 8.37. The summed E-state index contributed by atoms with van der Waals surface area (Å²) in [6.07, 6.45) is 0.772. The van der Waals surface area contributed by atoms with E-state index in [-0.39, 0.29) is 4.90 Å². The number of benzene rings is 2. The Morgan fingerprint density at radius 3 is 2.42 bits per heavy atom. The SMILES string of the molecule is COC(=O)c1ccc(S(=O)(=O)N2CCSC(c3ccccc3)CC2)cc1. The number of sulfonamides is 1. The number of hydrogen-bond acceptors (Lipinski definition) is 5. The van der Waals surface area contributed by atoms with E-state index in [1.54, 1.807) is 11.8 Å². The molecule has 0 radical (unpaired) electrons. The zero-order valence-electron chi connectivity index (χ0n) is 14.5. The predicted octanol–water partition coefficient (Wildman–Crippen LogP) is 3.34. The van der Waals surface area contributed by atoms with Gasteiger partial charge in [0.25, 0.3) is 0 Å². The number of esters is 1. The molecule has 2 aromatic carbocycles. The molecule has 1 aliphatic rings. The summed E-state index contributed by atoms with van der Waals surface area (Å²) in [4.78, 5) is 11.7. The quantitative estimate of drug-likeness (QED) is 0.748. The molecule has 1 fully saturated rings. The molecule has 0 amide bonds. The minimum absolute atomic E-state index is 0.202. The zero-order chi connectivity index (χ0) is 18.6. The summed E-state index contributed by atoms with van der Waals surface area (Å²) in [6.45, 7) is 0.961. The van der Waals surface area contributed by atoms with Crippen molar-refractivity contribution in [3.63, 3.8) is 0 Å². The van der Waals surface area contributed by atoms with Crippen molar-refractivity contribution in [1.29, 1.82) is 0 Å². The van der Waals surface area contributed by atoms with Gasteiger partial charge in [-0.25, -0.2) is 13.2 Å². The molecule has 3 rings (SSSR count). The van der Waals surface area contributed by atoms with Gasteiger partial charge in [-0.05, 0) is 36.2 Å². The lowest BCUT2D eigenvalue weighted by Gasteiger charge is -2.20. The van der Waals surface area contributed by atoms with E-state index in [1.807, 2.05) is 18.2 Å². The lowest BCUT2D eigenvalue weighted by molar-refractivity contribution is 0.0600. The van der Waals surface area contributed by atoms with Crippen molar-refractivity contribution in [3.8, 4) is 0 Å². The van der Waals surface area contributed by atoms with E-state index in [1.165, 1.54) is 41.2 Å². The maximum Gasteiger partial charge on any atom is 0.337 e. The summed E-state index contributed by atoms with van der Waals surface area (Å²) in [5.74, 6) is 0.268. The smallest absolute Gasteiger partial charge is 0.337 e. The van der Waals surface area contributed by atoms with Gasteiger partial charge in [-0.1, -0.05) is 30.3 Å². The first-order valence-corrected chi connectivity index (χ1v) is 10.9. The lowest BCUT2D eigenvalue weighted by atomic mass is 10.1. The van der Waals surface area contributed by atoms with Gasteiger partial charge in [0.05, 0.1) is 17.6 Å². The molecule has 0 spiro atoms. The van der Waals surface area contributed by atoms with Crippen LogP contribution in [-0.4, -0.2) is 44.6 Å². The molecule has 0 N–H and O–H groups in total. The summed E-state index contributed by atoms with van der Waals surface area (Å²) >= 11 is 1.79. The maximum atomic E-state index is 12.9. The molecule has 0 bridgehead atoms. The molecule has 1 atom stereocenters. The van der Waals surface area contributed by atoms with Crippen LogP contribution < -0.4 is 0 Å². The first kappa shape index (κ1) is 18.9. The number of nitrogens with zero attached hydrogens (tertiary/aromatic N) is 1. The fourth-order valence-electron chi connectivity index (χ4n) is 2.95. The van der Waals surface area contributed by atoms with Gasteiger partial charge in [0, 0.05) is 24.1 Å². The second-order valence-electron chi connectivity index (χ2n) is 5.98. The Kier molecular flexibility index (Phi) is 6.01. The Hall–Kier alpha value is -1.83. The molecular formula is C19H21NO4S2. The van der Waals surface area contributed by atoms with Crippen LogP contribution in [0.5, 0.6) is 0 Å². The Balaban J connectivity index is 1.74. The molecule has 0 saturated carbocycles. The van der Waals surface area contributed by atoms with Crippen LogP contribution in [0, 0.1) is 0 Å². The van der Waals surface area contributed by atoms with Crippen molar-refractivity contribution < 1.29 is 17.9 Å². The zero-order valence-corrected chi connectivity index (χ0v) is 16.1. The number of thioether (sulfide) groups is 1. The van der Waals surface area contributed by atoms with E-state index >= 15 is 0 Å². The highest BCUT2D eigenvalue weighted by atomic mass is 32.2. The molecule has 5 nitrogen and oxygen atoms in total. The van der Waals surface area contributed by atoms with Crippen LogP contribution in [-0.2, 0) is 14.8 Å². The predicted molar refractivity (Wildman–Crippen MR) is 103 cm³/mol. The van der Waals surface area contributed by atoms with Gasteiger partial charge >= 0.3 is 5.97 Å². The molecule has 1 aliphatic heterocycles. The maximum absolute atomic E-state index is 12.9. The summed E-state index contributed by atoms with van der Waals surface area (Å²) in [6, 6.07) is 16.1. The number of hydrogen-bond donors (Lipinski definition) is 0. The van der Waals surface area contributed by atoms with Crippen LogP contribution >= 0.6 is 11.8 Å². The molecule has 7 heteroatoms. The Labute approximate surface area is 158 Å². The molecule has 2 aromatic rings. The van der Waals surface area contributed by atoms with Gasteiger partial charge in [-0.15, -0.1) is 0 Å². The average Bonchev–Trinajstić information content (AvgIpc) is 2.95. The first-order chi connectivity index (χ1) is 12.5. The molecule has 1 unspecified atom stereocenters. The van der Waals surface area contributed by atoms with Gasteiger partial charge < -0.3 is 4.74 Å². The fourth-order valence-corrected chi connectivity index (χ4v) is 5.76. The van der Waals surface area contributed by atoms with Crippen LogP contribution in [0.3, 0.4) is 0 Å². The third-order valence-corrected chi connectivity index (χ3v) is 7.63. The topological polar surface area (TPSA) is 63.7 Å². The summed E-state index contributed by atoms with van der Waals surface area (Å²) in [5.41, 5.74) is 1.57. The molecular weight excluding hydrogens is 370 g/mol. The Morgan fingerprint density at radius 1 is 1.08 bits per heavy atom. The summed E-state index contributed by atoms with van der Waals surface area (Å²) in [7, 11) is -2.28. The van der Waals surface area contributed by atoms with Crippen molar-refractivity contribution in [3.05, 3.63) is 65.7 Å². The van der Waals surface area contributed by atoms with E-state index in [4.69, 9.17) is 0 Å². The highest BCUT2D eigenvalue weighted by Gasteiger charge is 2.28. The molecule has 0 aromatic heterocycles. The van der Waals surface area contributed by atoms with Gasteiger partial charge in [-0.3, -0.25) is 0 Å². The summed E-state index contributed by atoms with van der Waals surface area (Å²) in [5, 5.41) is 0.304. The van der Waals surface area contributed by atoms with Gasteiger partial charge in [0.15, 0.2) is 0 Å². The van der Waals surface area contributed by atoms with Gasteiger partial charge in [0.2, 0.25) is 10.0 Å². The Morgan fingerprint density at radius 2 is 1.77 bits per heavy atom. The highest BCUT2D eigenvalue weighted by Crippen LogP contribution is 2.35. The monoisotopic (exact) mass is 391 g/mol. The van der Waals surface area contributed by atoms with Crippen molar-refractivity contribution >= 4 is 27.8 Å². The Bertz CT molecular complexity index is 851. The molecule has 138 valence electrons. The van der Waals surface area contributed by atoms with E-state index < -0.39 is 16.0 Å². The van der Waals surface area contributed by atoms with E-state index in [0.717, 1.165) is 12.2 Å². The van der Waals surface area contributed by atoms with Gasteiger partial charge in [-0.2, -0.15) is 16.1 Å². The number of carbonyl (C=O) groups is 1. The highest BCUT2D eigenvalue weighted by molar-refractivity contribution is 7.99. The minimum atomic E-state index is -3.57. The minimum Gasteiger partial charge on any atom is -0.465 e. The van der Waals surface area contributed by atoms with Crippen LogP contribution in [0.2, 0.25) is 0 Å². The van der Waals surface area contributed by atoms with E-state index in [0.29, 0.717) is 23.9 Å². The number of methoxy groups -OCH3 is 1. The van der Waals surface area contributed by atoms with Gasteiger partial charge in [0.1, 0.15) is 0 Å². The number of rotatable bonds is 4. The fraction of sp³-hybridized carbons (Fsp3) is 0.316. The van der Waals surface area contributed by atoms with Crippen LogP contribution in [0.25, 0.3) is 0 Å². The summed E-state index contributed by atoms with van der Waals surface area (Å²) < 4.78 is 32.1. The third kappa shape index (κ3) is 4.11. The normalized spacial score (nSPS) is 18.9. The van der Waals surface area contributed by atoms with Crippen LogP contribution in [0.4, 0.5) is 0 Å². The molecule has 0 aliphatic carbocycles. The van der Waals surface area contributed by atoms with E-state index in [9.17, 15) is 13.2 Å². The molecule has 1 saturated heterocycles. The number of ether oxygens (including phenoxy) is 1. The average molecular weight is 392 g/mol. The third-order valence-electron chi connectivity index (χ3n) is 4.38. The van der Waals surface area contributed by atoms with Crippen molar-refractivity contribution in [2.75, 3.05) is 26.0 Å². The van der Waals surface area contributed by atoms with E-state index in [2.05, 4.69) is 16.9 Å². The lowest BCUT2D eigenvalue weighted by Crippen LogP contribution is -2.33. The van der Waals surface area contributed by atoms with Crippen molar-refractivity contribution in [2.24, 2.45) is 0 Å². The van der Waals surface area contributed by atoms with Crippen molar-refractivity contribution in [1.82, 2.24) is 4.31 Å². The van der Waals surface area contributed by atoms with Crippen molar-refractivity contribution in [2.45, 2.75) is 16.6 Å². The largest absolute Gasteiger partial charge is 0.465 e. The standard InChI is InChI=1S/C19H21NO4S2/c1-24-19(21)16-7-9-17(10-8-16)26(22,23)20-12-11-18(25-14-13-20)15-5-3-2-4-6-15/h2-10,18H,11-14H2,1H3. The molecule has 26 heavy (non-hydrogen) atoms. The number of carbonyl (C=O) groups excluding carboxylic acids is 1. The second-order valence-corrected chi connectivity index (χ2v) is 9.23. The second kappa shape index (κ2) is 8.24.